The van der Waals surface area contributed by atoms with Gasteiger partial charge in [0.15, 0.2) is 0 Å². The molecule has 2 atom stereocenters. The maximum absolute atomic E-state index is 13.0. The molecule has 0 amide bonds. The summed E-state index contributed by atoms with van der Waals surface area (Å²) >= 11 is 0. The predicted octanol–water partition coefficient (Wildman–Crippen LogP) is 2.51. The molecule has 1 aromatic carbocycles. The van der Waals surface area contributed by atoms with Crippen LogP contribution in [0.2, 0.25) is 0 Å². The smallest absolute Gasteiger partial charge is 0.310 e. The lowest BCUT2D eigenvalue weighted by Gasteiger charge is -2.19. The Morgan fingerprint density at radius 3 is 2.35 bits per heavy atom. The highest BCUT2D eigenvalue weighted by Gasteiger charge is 2.33. The van der Waals surface area contributed by atoms with Crippen molar-refractivity contribution >= 4 is 26.0 Å². The number of hydrogen-bond donors (Lipinski definition) is 2. The van der Waals surface area contributed by atoms with Gasteiger partial charge in [0.2, 0.25) is 20.0 Å². The van der Waals surface area contributed by atoms with Gasteiger partial charge in [0, 0.05) is 25.0 Å². The number of sulfonamides is 2. The summed E-state index contributed by atoms with van der Waals surface area (Å²) in [5.41, 5.74) is 0.622. The average Bonchev–Trinajstić information content (AvgIpc) is 3.43. The lowest BCUT2D eigenvalue weighted by Crippen LogP contribution is -2.32. The van der Waals surface area contributed by atoms with E-state index in [1.165, 1.54) is 16.4 Å². The lowest BCUT2D eigenvalue weighted by molar-refractivity contribution is -0.139. The Hall–Kier alpha value is -1.75. The van der Waals surface area contributed by atoms with Crippen LogP contribution >= 0.6 is 0 Å². The van der Waals surface area contributed by atoms with Gasteiger partial charge < -0.3 is 5.11 Å². The van der Waals surface area contributed by atoms with Gasteiger partial charge in [0.05, 0.1) is 10.8 Å². The normalized spacial score (nSPS) is 21.9. The van der Waals surface area contributed by atoms with Crippen molar-refractivity contribution in [3.63, 3.8) is 0 Å². The van der Waals surface area contributed by atoms with Crippen LogP contribution in [0.15, 0.2) is 41.1 Å². The summed E-state index contributed by atoms with van der Waals surface area (Å²) in [5, 5.41) is 10.5. The predicted molar refractivity (Wildman–Crippen MR) is 117 cm³/mol. The number of benzene rings is 1. The molecular weight excluding hydrogens is 440 g/mol. The maximum Gasteiger partial charge on any atom is 0.310 e. The van der Waals surface area contributed by atoms with E-state index in [2.05, 4.69) is 11.3 Å². The molecule has 2 aliphatic rings. The summed E-state index contributed by atoms with van der Waals surface area (Å²) in [6.07, 6.45) is 5.51. The first kappa shape index (κ1) is 23.9. The van der Waals surface area contributed by atoms with Crippen molar-refractivity contribution in [2.45, 2.75) is 49.3 Å². The highest BCUT2D eigenvalue weighted by molar-refractivity contribution is 7.92. The van der Waals surface area contributed by atoms with Crippen LogP contribution in [0.1, 0.15) is 50.0 Å². The van der Waals surface area contributed by atoms with Gasteiger partial charge in [0.1, 0.15) is 0 Å². The number of carbonyl (C=O) groups is 1. The van der Waals surface area contributed by atoms with Crippen LogP contribution in [0.25, 0.3) is 0 Å². The van der Waals surface area contributed by atoms with Gasteiger partial charge in [-0.1, -0.05) is 44.4 Å². The van der Waals surface area contributed by atoms with Crippen LogP contribution in [0, 0.1) is 11.8 Å². The SMILES string of the molecule is C=CS(=O)(=O)NCC1CCN(S(=O)(=O)c2ccc(C(CC3CCCC3)C(=O)O)cc2)C1. The van der Waals surface area contributed by atoms with Crippen molar-refractivity contribution in [3.05, 3.63) is 41.8 Å². The van der Waals surface area contributed by atoms with Crippen molar-refractivity contribution < 1.29 is 26.7 Å². The molecule has 0 bridgehead atoms. The monoisotopic (exact) mass is 470 g/mol. The van der Waals surface area contributed by atoms with Crippen LogP contribution < -0.4 is 4.72 Å². The third-order valence-electron chi connectivity index (χ3n) is 6.30. The van der Waals surface area contributed by atoms with Crippen molar-refractivity contribution in [2.24, 2.45) is 11.8 Å². The van der Waals surface area contributed by atoms with E-state index < -0.39 is 31.9 Å². The van der Waals surface area contributed by atoms with E-state index >= 15 is 0 Å². The topological polar surface area (TPSA) is 121 Å². The Labute approximate surface area is 184 Å². The standard InChI is InChI=1S/C21H30N2O6S2/c1-2-30(26,27)22-14-17-11-12-23(15-17)31(28,29)19-9-7-18(8-10-19)20(21(24)25)13-16-5-3-4-6-16/h2,7-10,16-17,20,22H,1,3-6,11-15H2,(H,24,25). The Bertz CT molecular complexity index is 999. The molecule has 0 spiro atoms. The van der Waals surface area contributed by atoms with Gasteiger partial charge >= 0.3 is 5.97 Å². The Balaban J connectivity index is 1.66. The Morgan fingerprint density at radius 1 is 1.13 bits per heavy atom. The highest BCUT2D eigenvalue weighted by atomic mass is 32.2. The van der Waals surface area contributed by atoms with Crippen LogP contribution in [0.5, 0.6) is 0 Å². The first-order chi connectivity index (χ1) is 14.6. The lowest BCUT2D eigenvalue weighted by atomic mass is 9.88. The second-order valence-corrected chi connectivity index (χ2v) is 12.1. The number of nitrogens with one attached hydrogen (secondary N) is 1. The van der Waals surface area contributed by atoms with Crippen LogP contribution in [0.3, 0.4) is 0 Å². The molecule has 1 aliphatic heterocycles. The summed E-state index contributed by atoms with van der Waals surface area (Å²) in [6, 6.07) is 6.16. The van der Waals surface area contributed by atoms with Crippen LogP contribution in [-0.2, 0) is 24.8 Å². The second-order valence-electron chi connectivity index (χ2n) is 8.42. The summed E-state index contributed by atoms with van der Waals surface area (Å²) < 4.78 is 52.7. The average molecular weight is 471 g/mol. The third-order valence-corrected chi connectivity index (χ3v) is 9.19. The van der Waals surface area contributed by atoms with Crippen LogP contribution in [-0.4, -0.2) is 51.9 Å². The maximum atomic E-state index is 13.0. The van der Waals surface area contributed by atoms with E-state index in [-0.39, 0.29) is 23.9 Å². The minimum absolute atomic E-state index is 0.119. The van der Waals surface area contributed by atoms with Crippen molar-refractivity contribution in [3.8, 4) is 0 Å². The summed E-state index contributed by atoms with van der Waals surface area (Å²) in [7, 11) is -7.27. The molecule has 2 fully saturated rings. The molecule has 10 heteroatoms. The summed E-state index contributed by atoms with van der Waals surface area (Å²) in [6.45, 7) is 3.93. The summed E-state index contributed by atoms with van der Waals surface area (Å²) in [4.78, 5) is 11.9. The fraction of sp³-hybridized carbons (Fsp3) is 0.571. The van der Waals surface area contributed by atoms with E-state index in [1.807, 2.05) is 0 Å². The van der Waals surface area contributed by atoms with Gasteiger partial charge in [-0.05, 0) is 42.4 Å². The quantitative estimate of drug-likeness (QED) is 0.542. The molecule has 8 nitrogen and oxygen atoms in total. The van der Waals surface area contributed by atoms with Crippen molar-refractivity contribution in [1.29, 1.82) is 0 Å². The largest absolute Gasteiger partial charge is 0.481 e. The van der Waals surface area contributed by atoms with E-state index in [9.17, 15) is 26.7 Å². The first-order valence-corrected chi connectivity index (χ1v) is 13.6. The number of carboxylic acid groups (broad SMARTS) is 1. The number of rotatable bonds is 10. The molecule has 0 radical (unpaired) electrons. The fourth-order valence-electron chi connectivity index (χ4n) is 4.46. The van der Waals surface area contributed by atoms with Gasteiger partial charge in [-0.15, -0.1) is 0 Å². The van der Waals surface area contributed by atoms with Crippen LogP contribution in [0.4, 0.5) is 0 Å². The van der Waals surface area contributed by atoms with Gasteiger partial charge in [-0.2, -0.15) is 4.31 Å². The molecular formula is C21H30N2O6S2. The number of hydrogen-bond acceptors (Lipinski definition) is 5. The molecule has 172 valence electrons. The molecule has 31 heavy (non-hydrogen) atoms. The Morgan fingerprint density at radius 2 is 1.77 bits per heavy atom. The zero-order valence-corrected chi connectivity index (χ0v) is 19.1. The van der Waals surface area contributed by atoms with Crippen molar-refractivity contribution in [1.82, 2.24) is 9.03 Å². The summed E-state index contributed by atoms with van der Waals surface area (Å²) in [5.74, 6) is -1.23. The fourth-order valence-corrected chi connectivity index (χ4v) is 6.57. The molecule has 2 unspecified atom stereocenters. The minimum Gasteiger partial charge on any atom is -0.481 e. The molecule has 0 aromatic heterocycles. The van der Waals surface area contributed by atoms with Gasteiger partial charge in [0.25, 0.3) is 0 Å². The zero-order chi connectivity index (χ0) is 22.6. The number of nitrogens with zero attached hydrogens (tertiary/aromatic N) is 1. The molecule has 1 saturated carbocycles. The molecule has 2 N–H and O–H groups in total. The number of aliphatic carboxylic acids is 1. The highest BCUT2D eigenvalue weighted by Crippen LogP contribution is 2.35. The van der Waals surface area contributed by atoms with E-state index in [0.717, 1.165) is 31.1 Å². The molecule has 3 rings (SSSR count). The molecule has 1 saturated heterocycles. The van der Waals surface area contributed by atoms with Crippen molar-refractivity contribution in [2.75, 3.05) is 19.6 Å². The third kappa shape index (κ3) is 5.94. The first-order valence-electron chi connectivity index (χ1n) is 10.6. The Kier molecular flexibility index (Phi) is 7.56. The zero-order valence-electron chi connectivity index (χ0n) is 17.4. The minimum atomic E-state index is -3.73. The molecule has 1 heterocycles. The van der Waals surface area contributed by atoms with Gasteiger partial charge in [-0.25, -0.2) is 21.6 Å². The molecule has 1 aromatic rings. The second kappa shape index (κ2) is 9.81. The van der Waals surface area contributed by atoms with E-state index in [4.69, 9.17) is 0 Å². The van der Waals surface area contributed by atoms with E-state index in [1.54, 1.807) is 12.1 Å². The van der Waals surface area contributed by atoms with E-state index in [0.29, 0.717) is 30.9 Å². The molecule has 1 aliphatic carbocycles. The van der Waals surface area contributed by atoms with Gasteiger partial charge in [-0.3, -0.25) is 4.79 Å². The number of carboxylic acids is 1.